The first-order valence-corrected chi connectivity index (χ1v) is 5.68. The van der Waals surface area contributed by atoms with Crippen molar-refractivity contribution < 1.29 is 9.59 Å². The number of halogens is 1. The molecule has 4 nitrogen and oxygen atoms in total. The highest BCUT2D eigenvalue weighted by molar-refractivity contribution is 9.10. The van der Waals surface area contributed by atoms with Gasteiger partial charge in [-0.05, 0) is 6.07 Å². The lowest BCUT2D eigenvalue weighted by atomic mass is 9.90. The third-order valence-corrected chi connectivity index (χ3v) is 3.27. The number of carbonyl (C=O) groups excluding carboxylic acids is 2. The summed E-state index contributed by atoms with van der Waals surface area (Å²) in [5.41, 5.74) is 0.989. The fourth-order valence-corrected chi connectivity index (χ4v) is 2.41. The molecule has 0 spiro atoms. The van der Waals surface area contributed by atoms with E-state index in [1.54, 1.807) is 18.2 Å². The van der Waals surface area contributed by atoms with Gasteiger partial charge < -0.3 is 0 Å². The van der Waals surface area contributed by atoms with Crippen LogP contribution < -0.4 is 0 Å². The van der Waals surface area contributed by atoms with E-state index in [9.17, 15) is 9.59 Å². The maximum absolute atomic E-state index is 12.2. The van der Waals surface area contributed by atoms with Crippen LogP contribution in [-0.4, -0.2) is 21.5 Å². The Morgan fingerprint density at radius 3 is 2.29 bits per heavy atom. The summed E-state index contributed by atoms with van der Waals surface area (Å²) in [4.78, 5) is 32.2. The average molecular weight is 289 g/mol. The van der Waals surface area contributed by atoms with Crippen LogP contribution in [0.3, 0.4) is 0 Å². The molecule has 1 aromatic carbocycles. The molecule has 1 heterocycles. The summed E-state index contributed by atoms with van der Waals surface area (Å²) in [6.07, 6.45) is 2.82. The molecule has 17 heavy (non-hydrogen) atoms. The summed E-state index contributed by atoms with van der Waals surface area (Å²) >= 11 is 3.28. The molecular weight excluding hydrogens is 284 g/mol. The van der Waals surface area contributed by atoms with Crippen molar-refractivity contribution in [2.45, 2.75) is 0 Å². The largest absolute Gasteiger partial charge is 0.287 e. The Bertz CT molecular complexity index is 667. The Hall–Kier alpha value is -1.88. The average Bonchev–Trinajstić information content (AvgIpc) is 2.36. The third kappa shape index (κ3) is 1.36. The van der Waals surface area contributed by atoms with E-state index < -0.39 is 0 Å². The summed E-state index contributed by atoms with van der Waals surface area (Å²) in [5.74, 6) is -0.529. The van der Waals surface area contributed by atoms with Gasteiger partial charge in [-0.2, -0.15) is 0 Å². The van der Waals surface area contributed by atoms with Gasteiger partial charge in [-0.1, -0.05) is 28.1 Å². The van der Waals surface area contributed by atoms with Crippen molar-refractivity contribution in [2.75, 3.05) is 0 Å². The van der Waals surface area contributed by atoms with Gasteiger partial charge in [0.1, 0.15) is 11.4 Å². The van der Waals surface area contributed by atoms with E-state index in [4.69, 9.17) is 0 Å². The molecule has 3 rings (SSSR count). The molecule has 0 fully saturated rings. The zero-order chi connectivity index (χ0) is 12.0. The summed E-state index contributed by atoms with van der Waals surface area (Å²) in [7, 11) is 0. The van der Waals surface area contributed by atoms with E-state index in [0.717, 1.165) is 0 Å². The van der Waals surface area contributed by atoms with Crippen molar-refractivity contribution in [3.05, 3.63) is 57.6 Å². The number of aromatic nitrogens is 2. The number of ketones is 2. The lowest BCUT2D eigenvalue weighted by molar-refractivity contribution is 0.0971. The fraction of sp³-hybridized carbons (Fsp3) is 0. The highest BCUT2D eigenvalue weighted by Crippen LogP contribution is 2.29. The fourth-order valence-electron chi connectivity index (χ4n) is 1.86. The predicted octanol–water partition coefficient (Wildman–Crippen LogP) is 2.01. The lowest BCUT2D eigenvalue weighted by Gasteiger charge is -2.16. The van der Waals surface area contributed by atoms with Crippen LogP contribution in [0.4, 0.5) is 0 Å². The maximum Gasteiger partial charge on any atom is 0.215 e. The minimum absolute atomic E-state index is 0.122. The van der Waals surface area contributed by atoms with Crippen LogP contribution in [0.25, 0.3) is 0 Å². The van der Waals surface area contributed by atoms with Gasteiger partial charge in [0.2, 0.25) is 11.6 Å². The van der Waals surface area contributed by atoms with Crippen molar-refractivity contribution in [2.24, 2.45) is 0 Å². The molecule has 0 atom stereocenters. The van der Waals surface area contributed by atoms with Gasteiger partial charge in [-0.25, -0.2) is 9.97 Å². The molecule has 82 valence electrons. The quantitative estimate of drug-likeness (QED) is 0.635. The van der Waals surface area contributed by atoms with Crippen molar-refractivity contribution in [1.29, 1.82) is 0 Å². The van der Waals surface area contributed by atoms with Gasteiger partial charge in [-0.3, -0.25) is 9.59 Å². The normalized spacial score (nSPS) is 13.2. The van der Waals surface area contributed by atoms with Crippen LogP contribution in [0.5, 0.6) is 0 Å². The van der Waals surface area contributed by atoms with Gasteiger partial charge in [0, 0.05) is 28.0 Å². The van der Waals surface area contributed by atoms with E-state index in [0.29, 0.717) is 15.6 Å². The van der Waals surface area contributed by atoms with Crippen LogP contribution in [0, 0.1) is 0 Å². The number of carbonyl (C=O) groups is 2. The smallest absolute Gasteiger partial charge is 0.215 e. The molecule has 0 aliphatic heterocycles. The minimum atomic E-state index is -0.268. The molecule has 1 aliphatic carbocycles. The molecule has 0 unspecified atom stereocenters. The summed E-state index contributed by atoms with van der Waals surface area (Å²) < 4.78 is 0.602. The number of fused-ring (bicyclic) bond motifs is 2. The van der Waals surface area contributed by atoms with Gasteiger partial charge >= 0.3 is 0 Å². The maximum atomic E-state index is 12.2. The van der Waals surface area contributed by atoms with Gasteiger partial charge in [-0.15, -0.1) is 0 Å². The summed E-state index contributed by atoms with van der Waals surface area (Å²) in [6.45, 7) is 0. The lowest BCUT2D eigenvalue weighted by Crippen LogP contribution is -2.23. The number of nitrogens with zero attached hydrogens (tertiary/aromatic N) is 2. The molecule has 0 radical (unpaired) electrons. The molecule has 0 N–H and O–H groups in total. The van der Waals surface area contributed by atoms with Crippen LogP contribution in [0.2, 0.25) is 0 Å². The van der Waals surface area contributed by atoms with E-state index in [1.807, 2.05) is 0 Å². The zero-order valence-corrected chi connectivity index (χ0v) is 10.1. The van der Waals surface area contributed by atoms with Crippen molar-refractivity contribution in [3.63, 3.8) is 0 Å². The molecule has 1 aliphatic rings. The number of benzene rings is 1. The van der Waals surface area contributed by atoms with Crippen LogP contribution in [0.1, 0.15) is 32.1 Å². The second kappa shape index (κ2) is 3.56. The van der Waals surface area contributed by atoms with Crippen molar-refractivity contribution in [3.8, 4) is 0 Å². The zero-order valence-electron chi connectivity index (χ0n) is 8.48. The molecule has 0 saturated heterocycles. The Morgan fingerprint density at radius 1 is 0.941 bits per heavy atom. The summed E-state index contributed by atoms with van der Waals surface area (Å²) in [6, 6.07) is 5.07. The Balaban J connectivity index is 2.37. The number of hydrogen-bond donors (Lipinski definition) is 0. The number of rotatable bonds is 0. The van der Waals surface area contributed by atoms with E-state index >= 15 is 0 Å². The highest BCUT2D eigenvalue weighted by atomic mass is 79.9. The standard InChI is InChI=1S/C12H5BrN2O2/c13-7-3-1-2-6-8(7)12(17)10-9(11(6)16)14-4-5-15-10/h1-5H. The monoisotopic (exact) mass is 288 g/mol. The number of hydrogen-bond acceptors (Lipinski definition) is 4. The second-order valence-corrected chi connectivity index (χ2v) is 4.43. The van der Waals surface area contributed by atoms with Crippen LogP contribution >= 0.6 is 15.9 Å². The molecular formula is C12H5BrN2O2. The molecule has 5 heteroatoms. The second-order valence-electron chi connectivity index (χ2n) is 3.57. The van der Waals surface area contributed by atoms with Crippen molar-refractivity contribution in [1.82, 2.24) is 9.97 Å². The van der Waals surface area contributed by atoms with Crippen LogP contribution in [-0.2, 0) is 0 Å². The Morgan fingerprint density at radius 2 is 1.59 bits per heavy atom. The van der Waals surface area contributed by atoms with E-state index in [1.165, 1.54) is 12.4 Å². The first-order chi connectivity index (χ1) is 8.20. The van der Waals surface area contributed by atoms with Gasteiger partial charge in [0.05, 0.1) is 0 Å². The molecule has 0 bridgehead atoms. The van der Waals surface area contributed by atoms with Gasteiger partial charge in [0.15, 0.2) is 0 Å². The van der Waals surface area contributed by atoms with Crippen molar-refractivity contribution >= 4 is 27.5 Å². The first-order valence-electron chi connectivity index (χ1n) is 4.89. The molecule has 2 aromatic rings. The highest BCUT2D eigenvalue weighted by Gasteiger charge is 2.33. The van der Waals surface area contributed by atoms with E-state index in [-0.39, 0.29) is 23.0 Å². The predicted molar refractivity (Wildman–Crippen MR) is 63.0 cm³/mol. The molecule has 1 aromatic heterocycles. The topological polar surface area (TPSA) is 59.9 Å². The molecule has 0 saturated carbocycles. The molecule has 0 amide bonds. The first kappa shape index (κ1) is 10.3. The van der Waals surface area contributed by atoms with E-state index in [2.05, 4.69) is 25.9 Å². The third-order valence-electron chi connectivity index (χ3n) is 2.61. The Labute approximate surface area is 105 Å². The SMILES string of the molecule is O=C1c2cccc(Br)c2C(=O)c2nccnc21. The summed E-state index contributed by atoms with van der Waals surface area (Å²) in [5, 5.41) is 0. The minimum Gasteiger partial charge on any atom is -0.287 e. The van der Waals surface area contributed by atoms with Gasteiger partial charge in [0.25, 0.3) is 0 Å². The Kier molecular flexibility index (Phi) is 2.16. The van der Waals surface area contributed by atoms with Crippen LogP contribution in [0.15, 0.2) is 35.1 Å².